The smallest absolute Gasteiger partial charge is 0.274 e. The molecule has 0 saturated carbocycles. The molecule has 0 aliphatic rings. The minimum absolute atomic E-state index is 0.115. The Hall–Kier alpha value is -3.79. The van der Waals surface area contributed by atoms with Crippen LogP contribution < -0.4 is 5.56 Å². The summed E-state index contributed by atoms with van der Waals surface area (Å²) in [4.78, 5) is 30.9. The number of Topliss-reactive ketones (excluding diaryl/α,β-unsaturated/α-hetero) is 1. The summed E-state index contributed by atoms with van der Waals surface area (Å²) in [7, 11) is 1.79. The van der Waals surface area contributed by atoms with E-state index in [1.807, 2.05) is 38.1 Å². The maximum absolute atomic E-state index is 13.5. The lowest BCUT2D eigenvalue weighted by molar-refractivity contribution is 0.0969. The molecule has 0 radical (unpaired) electrons. The number of hydrogen-bond donors (Lipinski definition) is 0. The number of hydrogen-bond acceptors (Lipinski definition) is 5. The summed E-state index contributed by atoms with van der Waals surface area (Å²) >= 11 is 0. The van der Waals surface area contributed by atoms with Gasteiger partial charge in [-0.1, -0.05) is 44.2 Å². The van der Waals surface area contributed by atoms with Gasteiger partial charge in [-0.05, 0) is 24.1 Å². The number of para-hydroxylation sites is 2. The fourth-order valence-corrected chi connectivity index (χ4v) is 3.68. The first-order valence-corrected chi connectivity index (χ1v) is 9.77. The van der Waals surface area contributed by atoms with Crippen molar-refractivity contribution in [3.63, 3.8) is 0 Å². The molecule has 7 heteroatoms. The van der Waals surface area contributed by atoms with Gasteiger partial charge in [-0.15, -0.1) is 0 Å². The molecule has 1 unspecified atom stereocenters. The Labute approximate surface area is 173 Å². The van der Waals surface area contributed by atoms with Crippen LogP contribution in [0.25, 0.3) is 21.8 Å². The van der Waals surface area contributed by atoms with Crippen molar-refractivity contribution in [3.8, 4) is 6.07 Å². The van der Waals surface area contributed by atoms with Gasteiger partial charge in [-0.2, -0.15) is 10.4 Å². The maximum Gasteiger partial charge on any atom is 0.274 e. The third kappa shape index (κ3) is 3.16. The Morgan fingerprint density at radius 3 is 2.43 bits per heavy atom. The van der Waals surface area contributed by atoms with Gasteiger partial charge in [0.25, 0.3) is 5.56 Å². The molecule has 150 valence electrons. The summed E-state index contributed by atoms with van der Waals surface area (Å²) in [5, 5.41) is 15.1. The zero-order chi connectivity index (χ0) is 21.4. The van der Waals surface area contributed by atoms with E-state index in [1.54, 1.807) is 35.9 Å². The summed E-state index contributed by atoms with van der Waals surface area (Å²) in [6.45, 7) is 4.33. The maximum atomic E-state index is 13.5. The van der Waals surface area contributed by atoms with Crippen molar-refractivity contribution in [1.29, 1.82) is 5.26 Å². The van der Waals surface area contributed by atoms with Gasteiger partial charge in [-0.25, -0.2) is 9.67 Å². The predicted molar refractivity (Wildman–Crippen MR) is 114 cm³/mol. The van der Waals surface area contributed by atoms with Crippen molar-refractivity contribution in [3.05, 3.63) is 70.4 Å². The van der Waals surface area contributed by atoms with Gasteiger partial charge in [0.15, 0.2) is 5.92 Å². The lowest BCUT2D eigenvalue weighted by atomic mass is 9.98. The van der Waals surface area contributed by atoms with E-state index >= 15 is 0 Å². The number of carbonyl (C=O) groups excluding carboxylic acids is 1. The Morgan fingerprint density at radius 2 is 1.77 bits per heavy atom. The Balaban J connectivity index is 1.91. The number of fused-ring (bicyclic) bond motifs is 2. The van der Waals surface area contributed by atoms with Crippen molar-refractivity contribution >= 4 is 27.6 Å². The van der Waals surface area contributed by atoms with Gasteiger partial charge in [0, 0.05) is 19.0 Å². The molecule has 4 rings (SSSR count). The number of aryl methyl sites for hydroxylation is 1. The quantitative estimate of drug-likeness (QED) is 0.479. The second kappa shape index (κ2) is 7.56. The summed E-state index contributed by atoms with van der Waals surface area (Å²) in [5.74, 6) is -1.07. The molecule has 0 aliphatic heterocycles. The van der Waals surface area contributed by atoms with E-state index in [0.29, 0.717) is 28.7 Å². The van der Waals surface area contributed by atoms with E-state index in [1.165, 1.54) is 4.68 Å². The SMILES string of the molecule is CC(C)Cn1nc(C(=O)C(C#N)c2nc3ccccc3n2C)c2ccccc2c1=O. The fraction of sp³-hybridized carbons (Fsp3) is 0.261. The fourth-order valence-electron chi connectivity index (χ4n) is 3.68. The van der Waals surface area contributed by atoms with Crippen LogP contribution in [-0.4, -0.2) is 25.1 Å². The molecular weight excluding hydrogens is 378 g/mol. The summed E-state index contributed by atoms with van der Waals surface area (Å²) in [6, 6.07) is 16.5. The van der Waals surface area contributed by atoms with Crippen molar-refractivity contribution in [1.82, 2.24) is 19.3 Å². The van der Waals surface area contributed by atoms with E-state index in [4.69, 9.17) is 0 Å². The normalized spacial score (nSPS) is 12.4. The van der Waals surface area contributed by atoms with Gasteiger partial charge in [0.2, 0.25) is 5.78 Å². The van der Waals surface area contributed by atoms with Crippen molar-refractivity contribution in [2.45, 2.75) is 26.3 Å². The third-order valence-corrected chi connectivity index (χ3v) is 5.11. The molecule has 0 bridgehead atoms. The van der Waals surface area contributed by atoms with Gasteiger partial charge < -0.3 is 4.57 Å². The first kappa shape index (κ1) is 19.5. The second-order valence-electron chi connectivity index (χ2n) is 7.72. The highest BCUT2D eigenvalue weighted by Crippen LogP contribution is 2.25. The number of ketones is 1. The second-order valence-corrected chi connectivity index (χ2v) is 7.72. The molecule has 0 saturated heterocycles. The molecule has 2 aromatic carbocycles. The molecule has 2 aromatic heterocycles. The molecule has 7 nitrogen and oxygen atoms in total. The highest BCUT2D eigenvalue weighted by molar-refractivity contribution is 6.10. The lowest BCUT2D eigenvalue weighted by Gasteiger charge is -2.14. The monoisotopic (exact) mass is 399 g/mol. The van der Waals surface area contributed by atoms with Crippen LogP contribution in [0, 0.1) is 17.2 Å². The zero-order valence-corrected chi connectivity index (χ0v) is 17.0. The average Bonchev–Trinajstić information content (AvgIpc) is 3.07. The van der Waals surface area contributed by atoms with Crippen LogP contribution in [0.15, 0.2) is 53.3 Å². The number of nitrogens with zero attached hydrogens (tertiary/aromatic N) is 5. The molecule has 2 heterocycles. The van der Waals surface area contributed by atoms with Crippen LogP contribution in [0.4, 0.5) is 0 Å². The first-order chi connectivity index (χ1) is 14.4. The number of carbonyl (C=O) groups is 1. The van der Waals surface area contributed by atoms with Crippen LogP contribution in [0.1, 0.15) is 36.1 Å². The number of aromatic nitrogens is 4. The third-order valence-electron chi connectivity index (χ3n) is 5.11. The van der Waals surface area contributed by atoms with Crippen molar-refractivity contribution in [2.24, 2.45) is 13.0 Å². The van der Waals surface area contributed by atoms with E-state index in [9.17, 15) is 14.9 Å². The summed E-state index contributed by atoms with van der Waals surface area (Å²) in [5.41, 5.74) is 1.42. The van der Waals surface area contributed by atoms with Crippen LogP contribution in [-0.2, 0) is 13.6 Å². The van der Waals surface area contributed by atoms with Crippen LogP contribution in [0.3, 0.4) is 0 Å². The lowest BCUT2D eigenvalue weighted by Crippen LogP contribution is -2.29. The molecule has 0 fully saturated rings. The van der Waals surface area contributed by atoms with Gasteiger partial charge in [0.1, 0.15) is 11.5 Å². The van der Waals surface area contributed by atoms with Crippen molar-refractivity contribution in [2.75, 3.05) is 0 Å². The summed E-state index contributed by atoms with van der Waals surface area (Å²) < 4.78 is 3.08. The number of nitriles is 1. The first-order valence-electron chi connectivity index (χ1n) is 9.77. The molecule has 4 aromatic rings. The van der Waals surface area contributed by atoms with Crippen LogP contribution in [0.2, 0.25) is 0 Å². The molecular formula is C23H21N5O2. The minimum Gasteiger partial charge on any atom is -0.330 e. The number of rotatable bonds is 5. The Morgan fingerprint density at radius 1 is 1.10 bits per heavy atom. The molecule has 0 aliphatic carbocycles. The highest BCUT2D eigenvalue weighted by Gasteiger charge is 2.30. The minimum atomic E-state index is -1.14. The van der Waals surface area contributed by atoms with E-state index < -0.39 is 11.7 Å². The Kier molecular flexibility index (Phi) is 4.92. The van der Waals surface area contributed by atoms with Crippen LogP contribution >= 0.6 is 0 Å². The molecule has 0 spiro atoms. The molecule has 0 amide bonds. The predicted octanol–water partition coefficient (Wildman–Crippen LogP) is 3.43. The molecule has 0 N–H and O–H groups in total. The van der Waals surface area contributed by atoms with Gasteiger partial charge in [0.05, 0.1) is 22.5 Å². The average molecular weight is 399 g/mol. The van der Waals surface area contributed by atoms with E-state index in [-0.39, 0.29) is 17.2 Å². The van der Waals surface area contributed by atoms with Gasteiger partial charge >= 0.3 is 0 Å². The number of imidazole rings is 1. The topological polar surface area (TPSA) is 93.6 Å². The van der Waals surface area contributed by atoms with Crippen molar-refractivity contribution < 1.29 is 4.79 Å². The Bertz CT molecular complexity index is 1370. The standard InChI is InChI=1S/C23H21N5O2/c1-14(2)13-28-23(30)16-9-5-4-8-15(16)20(26-28)21(29)17(12-24)22-25-18-10-6-7-11-19(18)27(22)3/h4-11,14,17H,13H2,1-3H3. The number of benzene rings is 2. The summed E-state index contributed by atoms with van der Waals surface area (Å²) in [6.07, 6.45) is 0. The molecule has 30 heavy (non-hydrogen) atoms. The van der Waals surface area contributed by atoms with E-state index in [2.05, 4.69) is 16.2 Å². The zero-order valence-electron chi connectivity index (χ0n) is 17.0. The largest absolute Gasteiger partial charge is 0.330 e. The van der Waals surface area contributed by atoms with Gasteiger partial charge in [-0.3, -0.25) is 9.59 Å². The molecule has 1 atom stereocenters. The van der Waals surface area contributed by atoms with Crippen LogP contribution in [0.5, 0.6) is 0 Å². The van der Waals surface area contributed by atoms with E-state index in [0.717, 1.165) is 5.52 Å². The highest BCUT2D eigenvalue weighted by atomic mass is 16.1.